The summed E-state index contributed by atoms with van der Waals surface area (Å²) in [5.41, 5.74) is 0.543. The lowest BCUT2D eigenvalue weighted by Gasteiger charge is -2.07. The van der Waals surface area contributed by atoms with Crippen LogP contribution in [0.1, 0.15) is 19.8 Å². The molecule has 0 saturated carbocycles. The minimum atomic E-state index is -0.228. The van der Waals surface area contributed by atoms with E-state index in [1.54, 1.807) is 16.3 Å². The largest absolute Gasteiger partial charge is 0.343 e. The van der Waals surface area contributed by atoms with Crippen LogP contribution < -0.4 is 11.0 Å². The van der Waals surface area contributed by atoms with Gasteiger partial charge in [0.25, 0.3) is 0 Å². The topological polar surface area (TPSA) is 79.8 Å². The van der Waals surface area contributed by atoms with Crippen LogP contribution in [0, 0.1) is 0 Å². The highest BCUT2D eigenvalue weighted by molar-refractivity contribution is 7.99. The molecule has 1 aromatic carbocycles. The van der Waals surface area contributed by atoms with Crippen LogP contribution in [0.5, 0.6) is 0 Å². The summed E-state index contributed by atoms with van der Waals surface area (Å²) in [6.07, 6.45) is 3.89. The van der Waals surface area contributed by atoms with Gasteiger partial charge in [-0.3, -0.25) is 9.36 Å². The van der Waals surface area contributed by atoms with Crippen molar-refractivity contribution >= 4 is 35.1 Å². The van der Waals surface area contributed by atoms with Crippen molar-refractivity contribution in [2.75, 3.05) is 17.3 Å². The normalized spacial score (nSPS) is 10.7. The van der Waals surface area contributed by atoms with Gasteiger partial charge < -0.3 is 5.32 Å². The van der Waals surface area contributed by atoms with Crippen LogP contribution >= 0.6 is 23.5 Å². The number of hydrogen-bond acceptors (Lipinski definition) is 5. The second kappa shape index (κ2) is 8.83. The highest BCUT2D eigenvalue weighted by atomic mass is 32.2. The number of H-pyrrole nitrogens is 1. The zero-order valence-corrected chi connectivity index (χ0v) is 14.8. The fourth-order valence-electron chi connectivity index (χ4n) is 1.95. The molecule has 0 aliphatic carbocycles. The van der Waals surface area contributed by atoms with E-state index < -0.39 is 0 Å². The van der Waals surface area contributed by atoms with E-state index in [9.17, 15) is 9.59 Å². The van der Waals surface area contributed by atoms with Crippen LogP contribution in [0.3, 0.4) is 0 Å². The first-order valence-corrected chi connectivity index (χ1v) is 9.57. The molecule has 2 rings (SSSR count). The summed E-state index contributed by atoms with van der Waals surface area (Å²) in [7, 11) is 0. The van der Waals surface area contributed by atoms with Gasteiger partial charge in [0.05, 0.1) is 5.75 Å². The maximum absolute atomic E-state index is 12.1. The quantitative estimate of drug-likeness (QED) is 0.714. The van der Waals surface area contributed by atoms with Gasteiger partial charge in [-0.25, -0.2) is 9.89 Å². The molecule has 0 radical (unpaired) electrons. The molecule has 2 N–H and O–H groups in total. The van der Waals surface area contributed by atoms with Gasteiger partial charge in [-0.15, -0.1) is 16.9 Å². The molecule has 0 saturated heterocycles. The Kier molecular flexibility index (Phi) is 6.79. The number of rotatable bonds is 8. The third-order valence-corrected chi connectivity index (χ3v) is 4.85. The fraction of sp³-hybridized carbons (Fsp3) is 0.400. The van der Waals surface area contributed by atoms with Gasteiger partial charge in [0.15, 0.2) is 5.16 Å². The van der Waals surface area contributed by atoms with Crippen molar-refractivity contribution in [2.24, 2.45) is 0 Å². The Morgan fingerprint density at radius 3 is 3.00 bits per heavy atom. The van der Waals surface area contributed by atoms with Gasteiger partial charge >= 0.3 is 5.69 Å². The van der Waals surface area contributed by atoms with Gasteiger partial charge in [-0.1, -0.05) is 31.2 Å². The average molecular weight is 352 g/mol. The Labute approximate surface area is 143 Å². The molecule has 0 atom stereocenters. The van der Waals surface area contributed by atoms with Crippen molar-refractivity contribution in [2.45, 2.75) is 36.4 Å². The first-order valence-electron chi connectivity index (χ1n) is 7.36. The van der Waals surface area contributed by atoms with E-state index in [1.165, 1.54) is 11.8 Å². The standard InChI is InChI=1S/C15H20N4O2S2/c1-3-4-8-19-14(21)17-18-15(19)23-10-13(20)16-11-6-5-7-12(9-11)22-2/h5-7,9H,3-4,8,10H2,1-2H3,(H,16,20)(H,17,21). The fourth-order valence-corrected chi connectivity index (χ4v) is 3.19. The number of amides is 1. The molecule has 0 spiro atoms. The lowest BCUT2D eigenvalue weighted by Crippen LogP contribution is -2.19. The van der Waals surface area contributed by atoms with Crippen LogP contribution in [-0.4, -0.2) is 32.7 Å². The first-order chi connectivity index (χ1) is 11.1. The summed E-state index contributed by atoms with van der Waals surface area (Å²) in [5, 5.41) is 9.83. The smallest absolute Gasteiger partial charge is 0.325 e. The molecule has 23 heavy (non-hydrogen) atoms. The maximum atomic E-state index is 12.1. The highest BCUT2D eigenvalue weighted by Crippen LogP contribution is 2.20. The zero-order valence-electron chi connectivity index (χ0n) is 13.2. The molecule has 1 aromatic heterocycles. The third-order valence-electron chi connectivity index (χ3n) is 3.14. The number of anilines is 1. The number of unbranched alkanes of at least 4 members (excludes halogenated alkanes) is 1. The Bertz CT molecular complexity index is 711. The second-order valence-corrected chi connectivity index (χ2v) is 6.71. The van der Waals surface area contributed by atoms with Crippen molar-refractivity contribution in [3.8, 4) is 0 Å². The highest BCUT2D eigenvalue weighted by Gasteiger charge is 2.11. The lowest BCUT2D eigenvalue weighted by atomic mass is 10.3. The number of nitrogens with zero attached hydrogens (tertiary/aromatic N) is 2. The summed E-state index contributed by atoms with van der Waals surface area (Å²) >= 11 is 2.88. The van der Waals surface area contributed by atoms with Crippen LogP contribution in [0.4, 0.5) is 5.69 Å². The number of carbonyl (C=O) groups excluding carboxylic acids is 1. The summed E-state index contributed by atoms with van der Waals surface area (Å²) in [6.45, 7) is 2.68. The van der Waals surface area contributed by atoms with Crippen molar-refractivity contribution < 1.29 is 4.79 Å². The molecule has 0 aliphatic rings. The molecule has 0 unspecified atom stereocenters. The van der Waals surface area contributed by atoms with E-state index in [-0.39, 0.29) is 17.3 Å². The molecule has 8 heteroatoms. The summed E-state index contributed by atoms with van der Waals surface area (Å²) in [6, 6.07) is 7.68. The van der Waals surface area contributed by atoms with Crippen LogP contribution in [-0.2, 0) is 11.3 Å². The Balaban J connectivity index is 1.93. The van der Waals surface area contributed by atoms with Crippen molar-refractivity contribution in [3.63, 3.8) is 0 Å². The predicted octanol–water partition coefficient (Wildman–Crippen LogP) is 2.82. The number of aromatic amines is 1. The minimum absolute atomic E-state index is 0.120. The Morgan fingerprint density at radius 1 is 1.43 bits per heavy atom. The monoisotopic (exact) mass is 352 g/mol. The van der Waals surface area contributed by atoms with E-state index >= 15 is 0 Å². The van der Waals surface area contributed by atoms with E-state index in [0.29, 0.717) is 11.7 Å². The average Bonchev–Trinajstić information content (AvgIpc) is 2.91. The number of aromatic nitrogens is 3. The summed E-state index contributed by atoms with van der Waals surface area (Å²) in [5.74, 6) is 0.0886. The minimum Gasteiger partial charge on any atom is -0.325 e. The van der Waals surface area contributed by atoms with E-state index in [0.717, 1.165) is 23.4 Å². The van der Waals surface area contributed by atoms with Gasteiger partial charge in [-0.05, 0) is 30.9 Å². The van der Waals surface area contributed by atoms with E-state index in [4.69, 9.17) is 0 Å². The molecule has 0 bridgehead atoms. The van der Waals surface area contributed by atoms with E-state index in [1.807, 2.05) is 30.5 Å². The molecular weight excluding hydrogens is 332 g/mol. The maximum Gasteiger partial charge on any atom is 0.343 e. The molecule has 0 aliphatic heterocycles. The number of nitrogens with one attached hydrogen (secondary N) is 2. The zero-order chi connectivity index (χ0) is 16.7. The van der Waals surface area contributed by atoms with Crippen LogP contribution in [0.2, 0.25) is 0 Å². The molecular formula is C15H20N4O2S2. The number of carbonyl (C=O) groups is 1. The summed E-state index contributed by atoms with van der Waals surface area (Å²) < 4.78 is 1.58. The van der Waals surface area contributed by atoms with E-state index in [2.05, 4.69) is 22.4 Å². The van der Waals surface area contributed by atoms with Gasteiger partial charge in [0.1, 0.15) is 0 Å². The molecule has 1 heterocycles. The Morgan fingerprint density at radius 2 is 2.26 bits per heavy atom. The van der Waals surface area contributed by atoms with Gasteiger partial charge in [0, 0.05) is 17.1 Å². The molecule has 1 amide bonds. The van der Waals surface area contributed by atoms with Gasteiger partial charge in [-0.2, -0.15) is 0 Å². The number of hydrogen-bond donors (Lipinski definition) is 2. The predicted molar refractivity (Wildman–Crippen MR) is 95.3 cm³/mol. The van der Waals surface area contributed by atoms with Crippen LogP contribution in [0.15, 0.2) is 39.1 Å². The second-order valence-electron chi connectivity index (χ2n) is 4.89. The number of thioether (sulfide) groups is 2. The Hall–Kier alpha value is -1.67. The SMILES string of the molecule is CCCCn1c(SCC(=O)Nc2cccc(SC)c2)n[nH]c1=O. The molecule has 124 valence electrons. The first kappa shape index (κ1) is 17.7. The molecule has 2 aromatic rings. The third kappa shape index (κ3) is 5.18. The van der Waals surface area contributed by atoms with Crippen molar-refractivity contribution in [1.29, 1.82) is 0 Å². The molecule has 6 nitrogen and oxygen atoms in total. The number of benzene rings is 1. The summed E-state index contributed by atoms with van der Waals surface area (Å²) in [4.78, 5) is 24.8. The van der Waals surface area contributed by atoms with Gasteiger partial charge in [0.2, 0.25) is 5.91 Å². The van der Waals surface area contributed by atoms with Crippen molar-refractivity contribution in [1.82, 2.24) is 14.8 Å². The lowest BCUT2D eigenvalue weighted by molar-refractivity contribution is -0.113. The van der Waals surface area contributed by atoms with Crippen molar-refractivity contribution in [3.05, 3.63) is 34.7 Å². The van der Waals surface area contributed by atoms with Crippen LogP contribution in [0.25, 0.3) is 0 Å². The molecule has 0 fully saturated rings.